The van der Waals surface area contributed by atoms with Crippen molar-refractivity contribution in [2.75, 3.05) is 0 Å². The van der Waals surface area contributed by atoms with E-state index in [9.17, 15) is 9.59 Å². The summed E-state index contributed by atoms with van der Waals surface area (Å²) in [6.07, 6.45) is 1.73. The first kappa shape index (κ1) is 17.7. The van der Waals surface area contributed by atoms with Crippen LogP contribution in [0.15, 0.2) is 48.7 Å². The van der Waals surface area contributed by atoms with Crippen LogP contribution in [-0.4, -0.2) is 27.2 Å². The van der Waals surface area contributed by atoms with Gasteiger partial charge in [0.25, 0.3) is 11.8 Å². The second kappa shape index (κ2) is 7.39. The van der Waals surface area contributed by atoms with Crippen LogP contribution < -0.4 is 10.6 Å². The Morgan fingerprint density at radius 1 is 1.12 bits per heavy atom. The Morgan fingerprint density at radius 2 is 1.92 bits per heavy atom. The van der Waals surface area contributed by atoms with Crippen LogP contribution >= 0.6 is 0 Å². The van der Waals surface area contributed by atoms with Gasteiger partial charge in [-0.3, -0.25) is 14.0 Å². The molecule has 0 saturated heterocycles. The highest BCUT2D eigenvalue weighted by Gasteiger charge is 2.21. The minimum atomic E-state index is -0.307. The third kappa shape index (κ3) is 3.74. The monoisotopic (exact) mass is 350 g/mol. The third-order valence-corrected chi connectivity index (χ3v) is 3.92. The summed E-state index contributed by atoms with van der Waals surface area (Å²) in [6, 6.07) is 13.3. The molecule has 2 aromatic heterocycles. The number of carbonyl (C=O) groups excluding carboxylic acids is 2. The van der Waals surface area contributed by atoms with Crippen LogP contribution in [0, 0.1) is 6.92 Å². The van der Waals surface area contributed by atoms with Gasteiger partial charge in [-0.25, -0.2) is 4.98 Å². The molecule has 2 heterocycles. The largest absolute Gasteiger partial charge is 0.347 e. The van der Waals surface area contributed by atoms with Gasteiger partial charge in [-0.1, -0.05) is 35.9 Å². The minimum absolute atomic E-state index is 0.0165. The molecule has 2 amide bonds. The highest BCUT2D eigenvalue weighted by atomic mass is 16.2. The molecule has 0 bridgehead atoms. The highest BCUT2D eigenvalue weighted by Crippen LogP contribution is 2.14. The number of nitrogens with zero attached hydrogens (tertiary/aromatic N) is 2. The molecule has 134 valence electrons. The van der Waals surface area contributed by atoms with Gasteiger partial charge in [-0.05, 0) is 38.5 Å². The summed E-state index contributed by atoms with van der Waals surface area (Å²) in [4.78, 5) is 29.4. The molecule has 0 aliphatic carbocycles. The van der Waals surface area contributed by atoms with Gasteiger partial charge >= 0.3 is 0 Å². The fraction of sp³-hybridized carbons (Fsp3) is 0.250. The van der Waals surface area contributed by atoms with Crippen LogP contribution in [0.25, 0.3) is 5.52 Å². The maximum atomic E-state index is 12.7. The summed E-state index contributed by atoms with van der Waals surface area (Å²) < 4.78 is 1.64. The number of imidazole rings is 1. The molecule has 0 atom stereocenters. The lowest BCUT2D eigenvalue weighted by Crippen LogP contribution is -2.31. The zero-order valence-electron chi connectivity index (χ0n) is 15.1. The van der Waals surface area contributed by atoms with Gasteiger partial charge in [-0.2, -0.15) is 0 Å². The number of aromatic nitrogens is 2. The number of rotatable bonds is 5. The summed E-state index contributed by atoms with van der Waals surface area (Å²) >= 11 is 0. The molecule has 3 rings (SSSR count). The lowest BCUT2D eigenvalue weighted by atomic mass is 10.1. The van der Waals surface area contributed by atoms with E-state index >= 15 is 0 Å². The molecule has 26 heavy (non-hydrogen) atoms. The molecule has 2 N–H and O–H groups in total. The third-order valence-electron chi connectivity index (χ3n) is 3.92. The predicted molar refractivity (Wildman–Crippen MR) is 100 cm³/mol. The molecule has 3 aromatic rings. The Hall–Kier alpha value is -3.15. The van der Waals surface area contributed by atoms with Crippen LogP contribution in [0.2, 0.25) is 0 Å². The molecule has 0 spiro atoms. The van der Waals surface area contributed by atoms with Gasteiger partial charge in [-0.15, -0.1) is 0 Å². The fourth-order valence-corrected chi connectivity index (χ4v) is 2.78. The van der Waals surface area contributed by atoms with E-state index in [0.29, 0.717) is 12.1 Å². The number of aryl methyl sites for hydroxylation is 1. The minimum Gasteiger partial charge on any atom is -0.347 e. The van der Waals surface area contributed by atoms with Crippen molar-refractivity contribution in [2.24, 2.45) is 0 Å². The summed E-state index contributed by atoms with van der Waals surface area (Å²) in [6.45, 7) is 6.17. The molecule has 0 unspecified atom stereocenters. The second-order valence-electron chi connectivity index (χ2n) is 6.54. The normalized spacial score (nSPS) is 10.9. The number of nitrogens with one attached hydrogen (secondary N) is 2. The van der Waals surface area contributed by atoms with Crippen molar-refractivity contribution < 1.29 is 9.59 Å². The van der Waals surface area contributed by atoms with E-state index < -0.39 is 0 Å². The molecular formula is C20H22N4O2. The number of amides is 2. The number of carbonyl (C=O) groups is 2. The van der Waals surface area contributed by atoms with E-state index in [1.165, 1.54) is 0 Å². The summed E-state index contributed by atoms with van der Waals surface area (Å²) in [5.41, 5.74) is 2.99. The van der Waals surface area contributed by atoms with Crippen LogP contribution in [0.3, 0.4) is 0 Å². The highest BCUT2D eigenvalue weighted by molar-refractivity contribution is 6.02. The number of benzene rings is 1. The van der Waals surface area contributed by atoms with Crippen molar-refractivity contribution in [1.29, 1.82) is 0 Å². The lowest BCUT2D eigenvalue weighted by molar-refractivity contribution is 0.0932. The van der Waals surface area contributed by atoms with E-state index in [4.69, 9.17) is 0 Å². The summed E-state index contributed by atoms with van der Waals surface area (Å²) in [5.74, 6) is -0.409. The standard InChI is InChI=1S/C20H22N4O2/c1-13(2)22-20(26)18-23-17(16-9-4-5-10-24(16)18)19(25)21-12-15-8-6-7-14(3)11-15/h4-11,13H,12H2,1-3H3,(H,21,25)(H,22,26). The molecule has 1 aromatic carbocycles. The van der Waals surface area contributed by atoms with Gasteiger partial charge in [0.1, 0.15) is 0 Å². The van der Waals surface area contributed by atoms with Gasteiger partial charge < -0.3 is 10.6 Å². The zero-order chi connectivity index (χ0) is 18.7. The average Bonchev–Trinajstić information content (AvgIpc) is 2.99. The van der Waals surface area contributed by atoms with Gasteiger partial charge in [0.15, 0.2) is 5.69 Å². The molecule has 0 fully saturated rings. The SMILES string of the molecule is Cc1cccc(CNC(=O)c2nc(C(=O)NC(C)C)n3ccccc23)c1. The Balaban J connectivity index is 1.87. The van der Waals surface area contributed by atoms with Crippen molar-refractivity contribution in [2.45, 2.75) is 33.4 Å². The number of hydrogen-bond donors (Lipinski definition) is 2. The zero-order valence-corrected chi connectivity index (χ0v) is 15.1. The Morgan fingerprint density at radius 3 is 2.65 bits per heavy atom. The second-order valence-corrected chi connectivity index (χ2v) is 6.54. The lowest BCUT2D eigenvalue weighted by Gasteiger charge is -2.06. The van der Waals surface area contributed by atoms with Gasteiger partial charge in [0.05, 0.1) is 5.52 Å². The fourth-order valence-electron chi connectivity index (χ4n) is 2.78. The van der Waals surface area contributed by atoms with Crippen LogP contribution in [0.5, 0.6) is 0 Å². The van der Waals surface area contributed by atoms with E-state index in [0.717, 1.165) is 11.1 Å². The van der Waals surface area contributed by atoms with E-state index in [1.54, 1.807) is 22.7 Å². The molecule has 0 aliphatic heterocycles. The van der Waals surface area contributed by atoms with E-state index in [1.807, 2.05) is 51.1 Å². The Labute approximate surface area is 152 Å². The van der Waals surface area contributed by atoms with Gasteiger partial charge in [0, 0.05) is 18.8 Å². The molecule has 0 aliphatic rings. The van der Waals surface area contributed by atoms with Crippen LogP contribution in [-0.2, 0) is 6.54 Å². The number of fused-ring (bicyclic) bond motifs is 1. The van der Waals surface area contributed by atoms with Crippen molar-refractivity contribution >= 4 is 17.3 Å². The van der Waals surface area contributed by atoms with Crippen LogP contribution in [0.4, 0.5) is 0 Å². The number of pyridine rings is 1. The van der Waals surface area contributed by atoms with Crippen molar-refractivity contribution in [3.05, 3.63) is 71.3 Å². The van der Waals surface area contributed by atoms with E-state index in [2.05, 4.69) is 15.6 Å². The summed E-state index contributed by atoms with van der Waals surface area (Å²) in [7, 11) is 0. The average molecular weight is 350 g/mol. The van der Waals surface area contributed by atoms with E-state index in [-0.39, 0.29) is 29.4 Å². The first-order valence-electron chi connectivity index (χ1n) is 8.57. The number of hydrogen-bond acceptors (Lipinski definition) is 3. The first-order chi connectivity index (χ1) is 12.5. The Bertz CT molecular complexity index is 959. The Kier molecular flexibility index (Phi) is 5.02. The van der Waals surface area contributed by atoms with Crippen molar-refractivity contribution in [3.8, 4) is 0 Å². The summed E-state index contributed by atoms with van der Waals surface area (Å²) in [5, 5.41) is 5.69. The maximum absolute atomic E-state index is 12.7. The van der Waals surface area contributed by atoms with Crippen LogP contribution in [0.1, 0.15) is 46.1 Å². The smallest absolute Gasteiger partial charge is 0.287 e. The topological polar surface area (TPSA) is 75.5 Å². The first-order valence-corrected chi connectivity index (χ1v) is 8.57. The molecule has 0 saturated carbocycles. The quantitative estimate of drug-likeness (QED) is 0.743. The molecule has 0 radical (unpaired) electrons. The van der Waals surface area contributed by atoms with Crippen molar-refractivity contribution in [1.82, 2.24) is 20.0 Å². The molecule has 6 heteroatoms. The van der Waals surface area contributed by atoms with Gasteiger partial charge in [0.2, 0.25) is 5.82 Å². The molecule has 6 nitrogen and oxygen atoms in total. The predicted octanol–water partition coefficient (Wildman–Crippen LogP) is 2.71. The maximum Gasteiger partial charge on any atom is 0.287 e. The van der Waals surface area contributed by atoms with Crippen molar-refractivity contribution in [3.63, 3.8) is 0 Å². The molecular weight excluding hydrogens is 328 g/mol.